The predicted molar refractivity (Wildman–Crippen MR) is 143 cm³/mol. The summed E-state index contributed by atoms with van der Waals surface area (Å²) in [5, 5.41) is 0.765. The summed E-state index contributed by atoms with van der Waals surface area (Å²) in [6, 6.07) is 16.9. The Bertz CT molecular complexity index is 1460. The van der Waals surface area contributed by atoms with E-state index in [1.807, 2.05) is 0 Å². The molecule has 9 nitrogen and oxygen atoms in total. The lowest BCUT2D eigenvalue weighted by molar-refractivity contribution is 0.450. The van der Waals surface area contributed by atoms with Gasteiger partial charge in [0, 0.05) is 19.6 Å². The van der Waals surface area contributed by atoms with E-state index in [2.05, 4.69) is 5.32 Å². The van der Waals surface area contributed by atoms with Crippen molar-refractivity contribution in [1.29, 1.82) is 0 Å². The molecular formula is C25H31N3O6S3. The van der Waals surface area contributed by atoms with Gasteiger partial charge in [-0.05, 0) is 57.2 Å². The summed E-state index contributed by atoms with van der Waals surface area (Å²) < 4.78 is 83.8. The van der Waals surface area contributed by atoms with E-state index >= 15 is 0 Å². The van der Waals surface area contributed by atoms with Gasteiger partial charge in [0.2, 0.25) is 0 Å². The smallest absolute Gasteiger partial charge is 0.257 e. The van der Waals surface area contributed by atoms with E-state index in [4.69, 9.17) is 5.73 Å². The third-order valence-corrected chi connectivity index (χ3v) is 12.4. The fraction of sp³-hybridized carbons (Fsp3) is 0.280. The summed E-state index contributed by atoms with van der Waals surface area (Å²) >= 11 is 0. The minimum Gasteiger partial charge on any atom is -0.329 e. The quantitative estimate of drug-likeness (QED) is 0.337. The highest BCUT2D eigenvalue weighted by Crippen LogP contribution is 2.31. The molecule has 0 spiro atoms. The van der Waals surface area contributed by atoms with Gasteiger partial charge >= 0.3 is 0 Å². The first-order chi connectivity index (χ1) is 17.3. The lowest BCUT2D eigenvalue weighted by Crippen LogP contribution is -2.53. The molecule has 37 heavy (non-hydrogen) atoms. The van der Waals surface area contributed by atoms with Crippen molar-refractivity contribution in [3.63, 3.8) is 0 Å². The van der Waals surface area contributed by atoms with E-state index in [0.29, 0.717) is 0 Å². The third-order valence-electron chi connectivity index (χ3n) is 5.69. The summed E-state index contributed by atoms with van der Waals surface area (Å²) in [4.78, 5) is -0.908. The predicted octanol–water partition coefficient (Wildman–Crippen LogP) is 2.34. The zero-order valence-corrected chi connectivity index (χ0v) is 23.3. The molecule has 0 aliphatic rings. The zero-order chi connectivity index (χ0) is 27.4. The second-order valence-electron chi connectivity index (χ2n) is 8.67. The molecule has 0 aliphatic heterocycles. The van der Waals surface area contributed by atoms with Crippen LogP contribution >= 0.6 is 0 Å². The number of aryl methyl sites for hydroxylation is 3. The molecule has 0 saturated heterocycles. The van der Waals surface area contributed by atoms with Crippen LogP contribution in [0.2, 0.25) is 0 Å². The minimum absolute atomic E-state index is 0.119. The Kier molecular flexibility index (Phi) is 8.93. The van der Waals surface area contributed by atoms with E-state index in [1.165, 1.54) is 60.7 Å². The van der Waals surface area contributed by atoms with Crippen LogP contribution in [0.3, 0.4) is 0 Å². The first kappa shape index (κ1) is 29.0. The molecule has 3 N–H and O–H groups in total. The van der Waals surface area contributed by atoms with Crippen LogP contribution in [0.25, 0.3) is 0 Å². The molecule has 0 heterocycles. The average molecular weight is 566 g/mol. The van der Waals surface area contributed by atoms with Crippen LogP contribution < -0.4 is 11.1 Å². The maximum absolute atomic E-state index is 14.0. The van der Waals surface area contributed by atoms with Gasteiger partial charge in [-0.25, -0.2) is 25.3 Å². The third kappa shape index (κ3) is 6.28. The van der Waals surface area contributed by atoms with Crippen LogP contribution in [0.5, 0.6) is 0 Å². The molecule has 0 saturated carbocycles. The van der Waals surface area contributed by atoms with Crippen LogP contribution in [-0.4, -0.2) is 54.0 Å². The van der Waals surface area contributed by atoms with E-state index < -0.39 is 41.8 Å². The second kappa shape index (κ2) is 11.4. The van der Waals surface area contributed by atoms with Gasteiger partial charge in [-0.2, -0.15) is 0 Å². The van der Waals surface area contributed by atoms with Crippen LogP contribution in [-0.2, 0) is 29.9 Å². The number of nitrogens with zero attached hydrogens (tertiary/aromatic N) is 1. The molecule has 0 aliphatic carbocycles. The largest absolute Gasteiger partial charge is 0.329 e. The molecule has 0 radical (unpaired) electrons. The molecule has 0 fully saturated rings. The first-order valence-electron chi connectivity index (χ1n) is 11.5. The van der Waals surface area contributed by atoms with E-state index in [0.717, 1.165) is 16.7 Å². The molecule has 0 bridgehead atoms. The van der Waals surface area contributed by atoms with Crippen LogP contribution in [0.1, 0.15) is 16.7 Å². The molecular weight excluding hydrogens is 534 g/mol. The van der Waals surface area contributed by atoms with Gasteiger partial charge in [-0.15, -0.1) is 0 Å². The summed E-state index contributed by atoms with van der Waals surface area (Å²) in [6.07, 6.45) is 0. The van der Waals surface area contributed by atoms with Crippen molar-refractivity contribution in [2.75, 3.05) is 19.6 Å². The SMILES string of the molecule is Cc1ccc(S(=O)(=O)C(CNCCN)N(S(=O)(=O)c2ccc(C)cc2)S(=O)(=O)c2ccc(C)cc2)cc1. The zero-order valence-electron chi connectivity index (χ0n) is 20.8. The Hall–Kier alpha value is -2.61. The molecule has 0 aromatic heterocycles. The number of sulfone groups is 1. The van der Waals surface area contributed by atoms with Crippen molar-refractivity contribution in [2.24, 2.45) is 5.73 Å². The molecule has 12 heteroatoms. The molecule has 0 amide bonds. The first-order valence-corrected chi connectivity index (χ1v) is 15.9. The number of sulfonamides is 2. The topological polar surface area (TPSA) is 144 Å². The second-order valence-corrected chi connectivity index (χ2v) is 14.6. The fourth-order valence-electron chi connectivity index (χ4n) is 3.58. The van der Waals surface area contributed by atoms with E-state index in [9.17, 15) is 25.3 Å². The Morgan fingerprint density at radius 1 is 0.649 bits per heavy atom. The Balaban J connectivity index is 2.32. The molecule has 1 unspecified atom stereocenters. The van der Waals surface area contributed by atoms with Crippen molar-refractivity contribution in [1.82, 2.24) is 9.03 Å². The summed E-state index contributed by atoms with van der Waals surface area (Å²) in [7, 11) is -14.3. The molecule has 1 atom stereocenters. The Morgan fingerprint density at radius 2 is 1.00 bits per heavy atom. The number of rotatable bonds is 11. The van der Waals surface area contributed by atoms with Crippen molar-refractivity contribution < 1.29 is 25.3 Å². The standard InChI is InChI=1S/C25H31N3O6S3/c1-19-4-10-22(11-5-19)35(29,30)25(18-27-17-16-26)28(36(31,32)23-12-6-20(2)7-13-23)37(33,34)24-14-8-21(3)9-15-24/h4-15,25,27H,16-18,26H2,1-3H3. The van der Waals surface area contributed by atoms with Gasteiger partial charge in [-0.3, -0.25) is 0 Å². The number of nitrogens with one attached hydrogen (secondary N) is 1. The van der Waals surface area contributed by atoms with Crippen LogP contribution in [0, 0.1) is 20.8 Å². The number of benzene rings is 3. The summed E-state index contributed by atoms with van der Waals surface area (Å²) in [5.74, 6) is 0. The van der Waals surface area contributed by atoms with E-state index in [-0.39, 0.29) is 31.5 Å². The number of hydrogen-bond acceptors (Lipinski definition) is 8. The minimum atomic E-state index is -4.87. The van der Waals surface area contributed by atoms with Gasteiger partial charge in [0.05, 0.1) is 14.7 Å². The van der Waals surface area contributed by atoms with Gasteiger partial charge < -0.3 is 11.1 Å². The van der Waals surface area contributed by atoms with Crippen molar-refractivity contribution in [3.8, 4) is 0 Å². The highest BCUT2D eigenvalue weighted by molar-refractivity contribution is 8.05. The summed E-state index contributed by atoms with van der Waals surface area (Å²) in [5.41, 5.74) is 7.83. The Morgan fingerprint density at radius 3 is 1.35 bits per heavy atom. The maximum Gasteiger partial charge on any atom is 0.257 e. The van der Waals surface area contributed by atoms with Crippen LogP contribution in [0.15, 0.2) is 87.5 Å². The Labute approximate surface area is 219 Å². The van der Waals surface area contributed by atoms with Gasteiger partial charge in [0.1, 0.15) is 0 Å². The fourth-order valence-corrected chi connectivity index (χ4v) is 10.0. The number of nitrogens with two attached hydrogens (primary N) is 1. The van der Waals surface area contributed by atoms with E-state index in [1.54, 1.807) is 32.9 Å². The molecule has 3 aromatic carbocycles. The normalized spacial score (nSPS) is 13.5. The van der Waals surface area contributed by atoms with Crippen molar-refractivity contribution >= 4 is 29.9 Å². The molecule has 3 aromatic rings. The lowest BCUT2D eigenvalue weighted by atomic mass is 10.2. The van der Waals surface area contributed by atoms with Crippen molar-refractivity contribution in [3.05, 3.63) is 89.5 Å². The molecule has 3 rings (SSSR count). The van der Waals surface area contributed by atoms with Gasteiger partial charge in [0.15, 0.2) is 15.2 Å². The van der Waals surface area contributed by atoms with Gasteiger partial charge in [-0.1, -0.05) is 56.8 Å². The average Bonchev–Trinajstić information content (AvgIpc) is 2.84. The van der Waals surface area contributed by atoms with Gasteiger partial charge in [0.25, 0.3) is 20.0 Å². The highest BCUT2D eigenvalue weighted by atomic mass is 32.3. The number of hydrogen-bond donors (Lipinski definition) is 2. The van der Waals surface area contributed by atoms with Crippen molar-refractivity contribution in [2.45, 2.75) is 40.8 Å². The summed E-state index contributed by atoms with van der Waals surface area (Å²) in [6.45, 7) is 5.03. The lowest BCUT2D eigenvalue weighted by Gasteiger charge is -2.30. The highest BCUT2D eigenvalue weighted by Gasteiger charge is 2.48. The van der Waals surface area contributed by atoms with Crippen LogP contribution in [0.4, 0.5) is 0 Å². The molecule has 200 valence electrons. The monoisotopic (exact) mass is 565 g/mol. The maximum atomic E-state index is 14.0.